The van der Waals surface area contributed by atoms with Crippen LogP contribution >= 0.6 is 0 Å². The summed E-state index contributed by atoms with van der Waals surface area (Å²) in [5, 5.41) is 0. The second kappa shape index (κ2) is 9.20. The van der Waals surface area contributed by atoms with Gasteiger partial charge < -0.3 is 0 Å². The molecule has 2 nitrogen and oxygen atoms in total. The Bertz CT molecular complexity index is 915. The van der Waals surface area contributed by atoms with E-state index >= 15 is 0 Å². The first-order valence-corrected chi connectivity index (χ1v) is 7.66. The van der Waals surface area contributed by atoms with Gasteiger partial charge in [0, 0.05) is 28.4 Å². The van der Waals surface area contributed by atoms with Gasteiger partial charge >= 0.3 is 0 Å². The van der Waals surface area contributed by atoms with Crippen molar-refractivity contribution in [2.24, 2.45) is 0 Å². The van der Waals surface area contributed by atoms with Crippen LogP contribution in [0.2, 0.25) is 0 Å². The fourth-order valence-corrected chi connectivity index (χ4v) is 2.09. The zero-order valence-corrected chi connectivity index (χ0v) is 14.2. The molecule has 0 unspecified atom stereocenters. The molecule has 1 aromatic heterocycles. The normalized spacial score (nSPS) is 10.3. The molecule has 28 heavy (non-hydrogen) atoms. The molecule has 0 spiro atoms. The third-order valence-electron chi connectivity index (χ3n) is 3.53. The van der Waals surface area contributed by atoms with Gasteiger partial charge in [-0.05, 0) is 30.7 Å². The van der Waals surface area contributed by atoms with E-state index in [2.05, 4.69) is 9.93 Å². The van der Waals surface area contributed by atoms with Crippen LogP contribution in [0.15, 0.2) is 42.6 Å². The van der Waals surface area contributed by atoms with Crippen molar-refractivity contribution in [3.63, 3.8) is 0 Å². The van der Waals surface area contributed by atoms with Gasteiger partial charge in [-0.3, -0.25) is 9.93 Å². The minimum absolute atomic E-state index is 0.303. The van der Waals surface area contributed by atoms with Crippen molar-refractivity contribution in [1.82, 2.24) is 4.98 Å². The smallest absolute Gasteiger partial charge is 0.194 e. The Hall–Kier alpha value is -3.10. The highest BCUT2D eigenvalue weighted by Gasteiger charge is 2.12. The third-order valence-corrected chi connectivity index (χ3v) is 3.53. The Balaban J connectivity index is 0.000000221. The van der Waals surface area contributed by atoms with Crippen LogP contribution in [0.25, 0.3) is 11.3 Å². The molecule has 0 radical (unpaired) electrons. The van der Waals surface area contributed by atoms with Crippen molar-refractivity contribution in [3.8, 4) is 17.0 Å². The van der Waals surface area contributed by atoms with Crippen molar-refractivity contribution in [2.75, 3.05) is 0 Å². The SMILES string of the molecule is Cc1ccc(-c2cc(F)c(CF)c(F)c2)nc1.FOc1cc(F)c(F)c(F)c1. The summed E-state index contributed by atoms with van der Waals surface area (Å²) in [5.41, 5.74) is 1.17. The van der Waals surface area contributed by atoms with Crippen LogP contribution in [0.1, 0.15) is 11.1 Å². The number of benzene rings is 2. The number of halogens is 7. The van der Waals surface area contributed by atoms with Gasteiger partial charge in [0.1, 0.15) is 18.3 Å². The van der Waals surface area contributed by atoms with Crippen LogP contribution < -0.4 is 4.94 Å². The highest BCUT2D eigenvalue weighted by atomic mass is 19.3. The van der Waals surface area contributed by atoms with Gasteiger partial charge in [0.25, 0.3) is 0 Å². The summed E-state index contributed by atoms with van der Waals surface area (Å²) in [6.07, 6.45) is 1.61. The van der Waals surface area contributed by atoms with Crippen LogP contribution in [0, 0.1) is 36.0 Å². The monoisotopic (exact) mass is 403 g/mol. The van der Waals surface area contributed by atoms with Gasteiger partial charge in [0.15, 0.2) is 23.2 Å². The zero-order chi connectivity index (χ0) is 20.8. The molecule has 0 aliphatic heterocycles. The lowest BCUT2D eigenvalue weighted by Gasteiger charge is -2.05. The van der Waals surface area contributed by atoms with E-state index in [1.807, 2.05) is 6.92 Å². The Morgan fingerprint density at radius 1 is 0.857 bits per heavy atom. The number of pyridine rings is 1. The number of alkyl halides is 1. The second-order valence-corrected chi connectivity index (χ2v) is 5.55. The highest BCUT2D eigenvalue weighted by Crippen LogP contribution is 2.23. The molecule has 0 saturated carbocycles. The molecule has 0 saturated heterocycles. The van der Waals surface area contributed by atoms with Crippen molar-refractivity contribution in [3.05, 3.63) is 82.8 Å². The predicted molar refractivity (Wildman–Crippen MR) is 87.2 cm³/mol. The minimum atomic E-state index is -1.65. The quantitative estimate of drug-likeness (QED) is 0.385. The Kier molecular flexibility index (Phi) is 6.97. The molecule has 9 heteroatoms. The van der Waals surface area contributed by atoms with Crippen LogP contribution in [0.4, 0.5) is 30.9 Å². The average molecular weight is 403 g/mol. The number of aromatic nitrogens is 1. The lowest BCUT2D eigenvalue weighted by molar-refractivity contribution is -0.00711. The molecular weight excluding hydrogens is 391 g/mol. The summed E-state index contributed by atoms with van der Waals surface area (Å²) < 4.78 is 86.8. The molecule has 0 amide bonds. The lowest BCUT2D eigenvalue weighted by Crippen LogP contribution is -1.95. The van der Waals surface area contributed by atoms with Crippen molar-refractivity contribution in [2.45, 2.75) is 13.6 Å². The molecule has 0 aliphatic rings. The van der Waals surface area contributed by atoms with Crippen LogP contribution in [0.5, 0.6) is 5.75 Å². The zero-order valence-electron chi connectivity index (χ0n) is 14.2. The Morgan fingerprint density at radius 2 is 1.43 bits per heavy atom. The highest BCUT2D eigenvalue weighted by molar-refractivity contribution is 5.60. The Labute approximate surface area is 155 Å². The fourth-order valence-electron chi connectivity index (χ4n) is 2.09. The van der Waals surface area contributed by atoms with Crippen molar-refractivity contribution in [1.29, 1.82) is 0 Å². The summed E-state index contributed by atoms with van der Waals surface area (Å²) in [6, 6.07) is 6.45. The maximum absolute atomic E-state index is 13.4. The van der Waals surface area contributed by atoms with Gasteiger partial charge in [0.05, 0.1) is 11.3 Å². The van der Waals surface area contributed by atoms with Gasteiger partial charge in [-0.1, -0.05) is 6.07 Å². The fraction of sp³-hybridized carbons (Fsp3) is 0.105. The Morgan fingerprint density at radius 3 is 1.86 bits per heavy atom. The van der Waals surface area contributed by atoms with Crippen LogP contribution in [-0.4, -0.2) is 4.98 Å². The first kappa shape index (κ1) is 21.2. The molecule has 148 valence electrons. The number of rotatable bonds is 3. The topological polar surface area (TPSA) is 22.1 Å². The van der Waals surface area contributed by atoms with E-state index in [9.17, 15) is 30.9 Å². The van der Waals surface area contributed by atoms with E-state index < -0.39 is 47.1 Å². The van der Waals surface area contributed by atoms with E-state index in [-0.39, 0.29) is 0 Å². The summed E-state index contributed by atoms with van der Waals surface area (Å²) in [5.74, 6) is -7.10. The molecule has 2 aromatic carbocycles. The molecule has 1 heterocycles. The largest absolute Gasteiger partial charge is 0.294 e. The summed E-state index contributed by atoms with van der Waals surface area (Å²) in [7, 11) is 0. The van der Waals surface area contributed by atoms with E-state index in [1.165, 1.54) is 0 Å². The average Bonchev–Trinajstić information content (AvgIpc) is 2.66. The molecule has 0 aliphatic carbocycles. The predicted octanol–water partition coefficient (Wildman–Crippen LogP) is 6.17. The first-order valence-electron chi connectivity index (χ1n) is 7.66. The van der Waals surface area contributed by atoms with E-state index in [4.69, 9.17) is 0 Å². The maximum atomic E-state index is 13.4. The van der Waals surface area contributed by atoms with Gasteiger partial charge in [-0.15, -0.1) is 0 Å². The number of hydrogen-bond donors (Lipinski definition) is 0. The second-order valence-electron chi connectivity index (χ2n) is 5.55. The van der Waals surface area contributed by atoms with Crippen LogP contribution in [0.3, 0.4) is 0 Å². The lowest BCUT2D eigenvalue weighted by atomic mass is 10.1. The first-order chi connectivity index (χ1) is 13.3. The molecule has 0 N–H and O–H groups in total. The van der Waals surface area contributed by atoms with Gasteiger partial charge in [-0.25, -0.2) is 26.3 Å². The van der Waals surface area contributed by atoms with Crippen molar-refractivity contribution >= 4 is 0 Å². The third kappa shape index (κ3) is 4.99. The summed E-state index contributed by atoms with van der Waals surface area (Å²) >= 11 is 0. The number of hydrogen-bond acceptors (Lipinski definition) is 2. The summed E-state index contributed by atoms with van der Waals surface area (Å²) in [4.78, 5) is 7.04. The molecule has 3 rings (SSSR count). The standard InChI is InChI=1S/C13H10F3N.C6H2F4O/c1-8-2-3-13(17-7-8)9-4-11(15)10(6-14)12(16)5-9;7-4-1-3(11-10)2-5(8)6(4)9/h2-5,7H,6H2,1H3;1-2H. The van der Waals surface area contributed by atoms with E-state index in [1.54, 1.807) is 18.3 Å². The number of aryl methyl sites for hydroxylation is 1. The summed E-state index contributed by atoms with van der Waals surface area (Å²) in [6.45, 7) is 0.712. The molecule has 3 aromatic rings. The van der Waals surface area contributed by atoms with Gasteiger partial charge in [0.2, 0.25) is 0 Å². The van der Waals surface area contributed by atoms with Crippen molar-refractivity contribution < 1.29 is 35.8 Å². The molecular formula is C19H12F7NO. The molecule has 0 bridgehead atoms. The van der Waals surface area contributed by atoms with E-state index in [0.717, 1.165) is 17.7 Å². The van der Waals surface area contributed by atoms with E-state index in [0.29, 0.717) is 23.4 Å². The van der Waals surface area contributed by atoms with Crippen LogP contribution in [-0.2, 0) is 6.67 Å². The van der Waals surface area contributed by atoms with Gasteiger partial charge in [-0.2, -0.15) is 0 Å². The number of nitrogens with zero attached hydrogens (tertiary/aromatic N) is 1. The maximum Gasteiger partial charge on any atom is 0.194 e. The molecule has 0 fully saturated rings. The molecule has 0 atom stereocenters. The minimum Gasteiger partial charge on any atom is -0.294 e.